The van der Waals surface area contributed by atoms with Crippen LogP contribution in [0.5, 0.6) is 5.75 Å². The van der Waals surface area contributed by atoms with Gasteiger partial charge in [0.15, 0.2) is 0 Å². The zero-order valence-electron chi connectivity index (χ0n) is 13.0. The van der Waals surface area contributed by atoms with Crippen LogP contribution in [0.3, 0.4) is 0 Å². The molecule has 0 aliphatic heterocycles. The van der Waals surface area contributed by atoms with E-state index in [-0.39, 0.29) is 0 Å². The van der Waals surface area contributed by atoms with E-state index < -0.39 is 0 Å². The van der Waals surface area contributed by atoms with Gasteiger partial charge in [-0.15, -0.1) is 10.2 Å². The molecule has 23 heavy (non-hydrogen) atoms. The summed E-state index contributed by atoms with van der Waals surface area (Å²) >= 11 is 0. The average molecular weight is 309 g/mol. The van der Waals surface area contributed by atoms with Crippen LogP contribution in [0.4, 0.5) is 5.69 Å². The van der Waals surface area contributed by atoms with Crippen LogP contribution in [-0.4, -0.2) is 16.8 Å². The van der Waals surface area contributed by atoms with Gasteiger partial charge in [0, 0.05) is 5.69 Å². The van der Waals surface area contributed by atoms with Gasteiger partial charge in [-0.1, -0.05) is 30.3 Å². The normalized spacial score (nSPS) is 10.5. The highest BCUT2D eigenvalue weighted by atomic mass is 16.5. The molecule has 1 N–H and O–H groups in total. The van der Waals surface area contributed by atoms with Crippen molar-refractivity contribution in [2.75, 3.05) is 11.9 Å². The summed E-state index contributed by atoms with van der Waals surface area (Å²) < 4.78 is 11.1. The Hall–Kier alpha value is -2.82. The van der Waals surface area contributed by atoms with Crippen molar-refractivity contribution in [3.05, 3.63) is 71.9 Å². The Morgan fingerprint density at radius 2 is 1.70 bits per heavy atom. The maximum Gasteiger partial charge on any atom is 0.235 e. The number of nitrogens with one attached hydrogen (secondary N) is 1. The summed E-state index contributed by atoms with van der Waals surface area (Å²) in [7, 11) is 0. The largest absolute Gasteiger partial charge is 0.494 e. The van der Waals surface area contributed by atoms with Gasteiger partial charge in [-0.05, 0) is 36.8 Å². The quantitative estimate of drug-likeness (QED) is 0.721. The van der Waals surface area contributed by atoms with E-state index in [0.29, 0.717) is 31.4 Å². The Morgan fingerprint density at radius 1 is 0.957 bits per heavy atom. The van der Waals surface area contributed by atoms with Crippen molar-refractivity contribution in [2.24, 2.45) is 0 Å². The number of benzene rings is 2. The molecule has 1 heterocycles. The van der Waals surface area contributed by atoms with Gasteiger partial charge in [-0.3, -0.25) is 0 Å². The zero-order chi connectivity index (χ0) is 15.9. The maximum absolute atomic E-state index is 5.66. The van der Waals surface area contributed by atoms with E-state index >= 15 is 0 Å². The smallest absolute Gasteiger partial charge is 0.235 e. The van der Waals surface area contributed by atoms with Crippen LogP contribution in [0.1, 0.15) is 24.3 Å². The van der Waals surface area contributed by atoms with Crippen molar-refractivity contribution in [2.45, 2.75) is 19.9 Å². The van der Waals surface area contributed by atoms with Crippen LogP contribution < -0.4 is 10.1 Å². The lowest BCUT2D eigenvalue weighted by molar-refractivity contribution is 0.340. The summed E-state index contributed by atoms with van der Waals surface area (Å²) in [5.74, 6) is 2.06. The highest BCUT2D eigenvalue weighted by Crippen LogP contribution is 2.16. The van der Waals surface area contributed by atoms with E-state index in [0.717, 1.165) is 17.0 Å². The molecule has 5 nitrogen and oxygen atoms in total. The van der Waals surface area contributed by atoms with Gasteiger partial charge < -0.3 is 14.5 Å². The third kappa shape index (κ3) is 4.32. The minimum absolute atomic E-state index is 0.496. The number of hydrogen-bond donors (Lipinski definition) is 1. The van der Waals surface area contributed by atoms with Gasteiger partial charge in [0.25, 0.3) is 0 Å². The molecule has 0 radical (unpaired) electrons. The van der Waals surface area contributed by atoms with E-state index in [4.69, 9.17) is 9.15 Å². The molecule has 0 saturated carbocycles. The Balaban J connectivity index is 1.54. The van der Waals surface area contributed by atoms with Crippen LogP contribution >= 0.6 is 0 Å². The lowest BCUT2D eigenvalue weighted by atomic mass is 10.2. The summed E-state index contributed by atoms with van der Waals surface area (Å²) in [6.45, 7) is 3.13. The first-order valence-electron chi connectivity index (χ1n) is 7.65. The molecule has 0 spiro atoms. The lowest BCUT2D eigenvalue weighted by Gasteiger charge is -2.06. The third-order valence-corrected chi connectivity index (χ3v) is 3.32. The SMILES string of the molecule is CCOc1ccc(NCc2nnc(Cc3ccccc3)o2)cc1. The van der Waals surface area contributed by atoms with Crippen LogP contribution in [-0.2, 0) is 13.0 Å². The Labute approximate surface area is 135 Å². The molecule has 0 unspecified atom stereocenters. The minimum atomic E-state index is 0.496. The van der Waals surface area contributed by atoms with Crippen molar-refractivity contribution in [1.29, 1.82) is 0 Å². The van der Waals surface area contributed by atoms with Gasteiger partial charge in [0.2, 0.25) is 11.8 Å². The van der Waals surface area contributed by atoms with E-state index in [2.05, 4.69) is 15.5 Å². The first-order valence-corrected chi connectivity index (χ1v) is 7.65. The molecular weight excluding hydrogens is 290 g/mol. The maximum atomic E-state index is 5.66. The summed E-state index contributed by atoms with van der Waals surface area (Å²) in [6.07, 6.45) is 0.650. The van der Waals surface area contributed by atoms with E-state index in [1.165, 1.54) is 0 Å². The van der Waals surface area contributed by atoms with Gasteiger partial charge in [0.1, 0.15) is 5.75 Å². The molecule has 3 rings (SSSR count). The fourth-order valence-electron chi connectivity index (χ4n) is 2.22. The highest BCUT2D eigenvalue weighted by Gasteiger charge is 2.06. The number of anilines is 1. The molecule has 5 heteroatoms. The Morgan fingerprint density at radius 3 is 2.43 bits per heavy atom. The predicted octanol–water partition coefficient (Wildman–Crippen LogP) is 3.67. The van der Waals surface area contributed by atoms with Crippen molar-refractivity contribution in [3.63, 3.8) is 0 Å². The van der Waals surface area contributed by atoms with Crippen molar-refractivity contribution in [3.8, 4) is 5.75 Å². The molecule has 0 aliphatic rings. The second-order valence-electron chi connectivity index (χ2n) is 5.06. The lowest BCUT2D eigenvalue weighted by Crippen LogP contribution is -1.99. The molecule has 0 bridgehead atoms. The van der Waals surface area contributed by atoms with Gasteiger partial charge >= 0.3 is 0 Å². The number of rotatable bonds is 7. The number of hydrogen-bond acceptors (Lipinski definition) is 5. The molecule has 0 aliphatic carbocycles. The van der Waals surface area contributed by atoms with E-state index in [9.17, 15) is 0 Å². The fraction of sp³-hybridized carbons (Fsp3) is 0.222. The summed E-state index contributed by atoms with van der Waals surface area (Å²) in [5.41, 5.74) is 2.14. The second kappa shape index (κ2) is 7.45. The van der Waals surface area contributed by atoms with Crippen molar-refractivity contribution in [1.82, 2.24) is 10.2 Å². The molecule has 1 aromatic heterocycles. The van der Waals surface area contributed by atoms with Crippen LogP contribution in [0.15, 0.2) is 59.0 Å². The summed E-state index contributed by atoms with van der Waals surface area (Å²) in [5, 5.41) is 11.4. The molecule has 0 atom stereocenters. The van der Waals surface area contributed by atoms with Gasteiger partial charge in [0.05, 0.1) is 19.6 Å². The molecule has 3 aromatic rings. The first-order chi connectivity index (χ1) is 11.3. The standard InChI is InChI=1S/C18H19N3O2/c1-2-22-16-10-8-15(9-11-16)19-13-18-21-20-17(23-18)12-14-6-4-3-5-7-14/h3-11,19H,2,12-13H2,1H3. The van der Waals surface area contributed by atoms with Gasteiger partial charge in [-0.2, -0.15) is 0 Å². The molecular formula is C18H19N3O2. The monoisotopic (exact) mass is 309 g/mol. The van der Waals surface area contributed by atoms with Crippen LogP contribution in [0.2, 0.25) is 0 Å². The summed E-state index contributed by atoms with van der Waals surface area (Å²) in [6, 6.07) is 17.9. The number of nitrogens with zero attached hydrogens (tertiary/aromatic N) is 2. The zero-order valence-corrected chi connectivity index (χ0v) is 13.0. The number of ether oxygens (including phenoxy) is 1. The third-order valence-electron chi connectivity index (χ3n) is 3.32. The fourth-order valence-corrected chi connectivity index (χ4v) is 2.22. The topological polar surface area (TPSA) is 60.2 Å². The predicted molar refractivity (Wildman–Crippen MR) is 88.5 cm³/mol. The second-order valence-corrected chi connectivity index (χ2v) is 5.06. The number of aromatic nitrogens is 2. The van der Waals surface area contributed by atoms with E-state index in [1.807, 2.05) is 61.5 Å². The van der Waals surface area contributed by atoms with Crippen molar-refractivity contribution >= 4 is 5.69 Å². The summed E-state index contributed by atoms with van der Waals surface area (Å²) in [4.78, 5) is 0. The average Bonchev–Trinajstić information content (AvgIpc) is 3.03. The first kappa shape index (κ1) is 15.1. The van der Waals surface area contributed by atoms with E-state index in [1.54, 1.807) is 0 Å². The molecule has 0 fully saturated rings. The molecule has 0 saturated heterocycles. The molecule has 118 valence electrons. The minimum Gasteiger partial charge on any atom is -0.494 e. The molecule has 0 amide bonds. The van der Waals surface area contributed by atoms with Gasteiger partial charge in [-0.25, -0.2) is 0 Å². The highest BCUT2D eigenvalue weighted by molar-refractivity contribution is 5.46. The van der Waals surface area contributed by atoms with Crippen molar-refractivity contribution < 1.29 is 9.15 Å². The Kier molecular flexibility index (Phi) is 4.88. The molecule has 2 aromatic carbocycles. The van der Waals surface area contributed by atoms with Crippen LogP contribution in [0.25, 0.3) is 0 Å². The Bertz CT molecular complexity index is 724. The van der Waals surface area contributed by atoms with Crippen LogP contribution in [0, 0.1) is 0 Å².